The van der Waals surface area contributed by atoms with Crippen molar-refractivity contribution in [2.24, 2.45) is 0 Å². The van der Waals surface area contributed by atoms with Gasteiger partial charge in [-0.1, -0.05) is 62.9 Å². The van der Waals surface area contributed by atoms with Crippen LogP contribution in [-0.2, 0) is 19.3 Å². The van der Waals surface area contributed by atoms with E-state index < -0.39 is 35.6 Å². The Morgan fingerprint density at radius 2 is 1.38 bits per heavy atom. The topological polar surface area (TPSA) is 9.23 Å². The number of halogens is 6. The molecule has 0 N–H and O–H groups in total. The molecule has 4 aromatic rings. The number of rotatable bonds is 12. The molecule has 0 saturated carbocycles. The molecule has 4 rings (SSSR count). The molecule has 39 heavy (non-hydrogen) atoms. The molecule has 0 heterocycles. The third-order valence-electron chi connectivity index (χ3n) is 6.89. The van der Waals surface area contributed by atoms with Crippen molar-refractivity contribution < 1.29 is 31.1 Å². The molecule has 0 saturated heterocycles. The second kappa shape index (κ2) is 13.0. The van der Waals surface area contributed by atoms with Gasteiger partial charge >= 0.3 is 6.61 Å². The number of hydrogen-bond acceptors (Lipinski definition) is 1. The maximum absolute atomic E-state index is 15.3. The van der Waals surface area contributed by atoms with Gasteiger partial charge in [0.2, 0.25) is 0 Å². The van der Waals surface area contributed by atoms with Crippen molar-refractivity contribution in [2.75, 3.05) is 0 Å². The van der Waals surface area contributed by atoms with Crippen LogP contribution in [0.5, 0.6) is 5.75 Å². The molecule has 0 aliphatic rings. The van der Waals surface area contributed by atoms with Gasteiger partial charge in [0.15, 0.2) is 11.6 Å². The van der Waals surface area contributed by atoms with Gasteiger partial charge in [-0.15, -0.1) is 0 Å². The van der Waals surface area contributed by atoms with Crippen LogP contribution >= 0.6 is 0 Å². The van der Waals surface area contributed by atoms with Crippen molar-refractivity contribution in [2.45, 2.75) is 64.9 Å². The number of fused-ring (bicyclic) bond motifs is 1. The van der Waals surface area contributed by atoms with Gasteiger partial charge in [0.1, 0.15) is 17.5 Å². The molecule has 0 spiro atoms. The summed E-state index contributed by atoms with van der Waals surface area (Å²) >= 11 is 0. The first kappa shape index (κ1) is 28.5. The first-order chi connectivity index (χ1) is 18.8. The maximum Gasteiger partial charge on any atom is 0.387 e. The van der Waals surface area contributed by atoms with E-state index in [0.29, 0.717) is 39.4 Å². The van der Waals surface area contributed by atoms with Crippen molar-refractivity contribution in [1.29, 1.82) is 0 Å². The van der Waals surface area contributed by atoms with E-state index in [1.165, 1.54) is 30.3 Å². The van der Waals surface area contributed by atoms with E-state index in [9.17, 15) is 22.0 Å². The minimum atomic E-state index is -3.13. The average molecular weight is 545 g/mol. The third kappa shape index (κ3) is 7.14. The fraction of sp³-hybridized carbons (Fsp3) is 0.312. The Hall–Kier alpha value is -3.48. The molecule has 0 aromatic heterocycles. The molecule has 0 unspecified atom stereocenters. The summed E-state index contributed by atoms with van der Waals surface area (Å²) in [5, 5.41) is 0.791. The minimum absolute atomic E-state index is 0.141. The molecule has 4 aromatic carbocycles. The number of hydrogen-bond donors (Lipinski definition) is 0. The molecular formula is C32H30F6O. The smallest absolute Gasteiger partial charge is 0.387 e. The minimum Gasteiger partial charge on any atom is -0.432 e. The SMILES string of the molecule is CCCCCCCc1cc(F)c(-c2ccc3c(F)c(CCc4ccc(OC(F)F)c(F)c4)ccc3c2)c(F)c1. The number of aryl methyl sites for hydroxylation is 3. The zero-order valence-electron chi connectivity index (χ0n) is 21.7. The molecule has 7 heteroatoms. The van der Waals surface area contributed by atoms with Crippen molar-refractivity contribution in [3.8, 4) is 16.9 Å². The zero-order valence-corrected chi connectivity index (χ0v) is 21.7. The van der Waals surface area contributed by atoms with Crippen molar-refractivity contribution >= 4 is 10.8 Å². The van der Waals surface area contributed by atoms with Crippen LogP contribution in [0.25, 0.3) is 21.9 Å². The lowest BCUT2D eigenvalue weighted by Gasteiger charge is -2.12. The lowest BCUT2D eigenvalue weighted by molar-refractivity contribution is -0.0522. The molecule has 206 valence electrons. The number of ether oxygens (including phenoxy) is 1. The van der Waals surface area contributed by atoms with Crippen LogP contribution in [-0.4, -0.2) is 6.61 Å². The van der Waals surface area contributed by atoms with E-state index in [2.05, 4.69) is 11.7 Å². The van der Waals surface area contributed by atoms with Crippen LogP contribution in [0.3, 0.4) is 0 Å². The van der Waals surface area contributed by atoms with Gasteiger partial charge in [0, 0.05) is 5.39 Å². The van der Waals surface area contributed by atoms with E-state index >= 15 is 4.39 Å². The summed E-state index contributed by atoms with van der Waals surface area (Å²) in [7, 11) is 0. The van der Waals surface area contributed by atoms with E-state index in [0.717, 1.165) is 44.2 Å². The van der Waals surface area contributed by atoms with Gasteiger partial charge in [0.05, 0.1) is 5.56 Å². The fourth-order valence-corrected chi connectivity index (χ4v) is 4.83. The third-order valence-corrected chi connectivity index (χ3v) is 6.89. The Balaban J connectivity index is 1.49. The Bertz CT molecular complexity index is 1410. The molecule has 0 amide bonds. The lowest BCUT2D eigenvalue weighted by atomic mass is 9.95. The van der Waals surface area contributed by atoms with Crippen LogP contribution < -0.4 is 4.74 Å². The number of benzene rings is 4. The largest absolute Gasteiger partial charge is 0.432 e. The Morgan fingerprint density at radius 3 is 2.08 bits per heavy atom. The lowest BCUT2D eigenvalue weighted by Crippen LogP contribution is -2.04. The fourth-order valence-electron chi connectivity index (χ4n) is 4.83. The van der Waals surface area contributed by atoms with Gasteiger partial charge < -0.3 is 4.74 Å². The van der Waals surface area contributed by atoms with Crippen LogP contribution in [0.15, 0.2) is 60.7 Å². The predicted molar refractivity (Wildman–Crippen MR) is 142 cm³/mol. The number of unbranched alkanes of at least 4 members (excludes halogenated alkanes) is 4. The molecule has 0 aliphatic carbocycles. The summed E-state index contributed by atoms with van der Waals surface area (Å²) in [6.07, 6.45) is 6.42. The molecule has 1 nitrogen and oxygen atoms in total. The van der Waals surface area contributed by atoms with Crippen LogP contribution in [0.4, 0.5) is 26.3 Å². The summed E-state index contributed by atoms with van der Waals surface area (Å²) < 4.78 is 87.9. The second-order valence-electron chi connectivity index (χ2n) is 9.72. The van der Waals surface area contributed by atoms with Crippen molar-refractivity contribution in [1.82, 2.24) is 0 Å². The van der Waals surface area contributed by atoms with Crippen LogP contribution in [0.1, 0.15) is 55.7 Å². The maximum atomic E-state index is 15.3. The molecule has 0 fully saturated rings. The molecule has 0 aliphatic heterocycles. The predicted octanol–water partition coefficient (Wildman–Crippen LogP) is 9.96. The highest BCUT2D eigenvalue weighted by Gasteiger charge is 2.16. The normalized spacial score (nSPS) is 11.5. The molecule has 0 bridgehead atoms. The van der Waals surface area contributed by atoms with Gasteiger partial charge in [-0.25, -0.2) is 17.6 Å². The van der Waals surface area contributed by atoms with Gasteiger partial charge in [0.25, 0.3) is 0 Å². The van der Waals surface area contributed by atoms with E-state index in [1.807, 2.05) is 0 Å². The highest BCUT2D eigenvalue weighted by Crippen LogP contribution is 2.32. The van der Waals surface area contributed by atoms with Crippen LogP contribution in [0.2, 0.25) is 0 Å². The quantitative estimate of drug-likeness (QED) is 0.127. The summed E-state index contributed by atoms with van der Waals surface area (Å²) in [6.45, 7) is -0.997. The summed E-state index contributed by atoms with van der Waals surface area (Å²) in [5.74, 6) is -3.24. The highest BCUT2D eigenvalue weighted by atomic mass is 19.3. The van der Waals surface area contributed by atoms with E-state index in [4.69, 9.17) is 0 Å². The zero-order chi connectivity index (χ0) is 27.9. The summed E-state index contributed by atoms with van der Waals surface area (Å²) in [4.78, 5) is 0. The van der Waals surface area contributed by atoms with Gasteiger partial charge in [-0.05, 0) is 83.7 Å². The second-order valence-corrected chi connectivity index (χ2v) is 9.72. The van der Waals surface area contributed by atoms with Gasteiger partial charge in [-0.3, -0.25) is 0 Å². The average Bonchev–Trinajstić information content (AvgIpc) is 2.89. The summed E-state index contributed by atoms with van der Waals surface area (Å²) in [5.41, 5.74) is 1.68. The van der Waals surface area contributed by atoms with Crippen LogP contribution in [0, 0.1) is 23.3 Å². The number of alkyl halides is 2. The molecular weight excluding hydrogens is 514 g/mol. The Morgan fingerprint density at radius 1 is 0.667 bits per heavy atom. The monoisotopic (exact) mass is 544 g/mol. The standard InChI is InChI=1S/C32H30F6O/c1-2-3-4-5-6-7-21-17-27(34)30(28(35)18-21)24-13-14-25-23(19-24)12-11-22(31(25)36)10-8-20-9-15-29(26(33)16-20)39-32(37)38/h9,11-19,32H,2-8,10H2,1H3. The van der Waals surface area contributed by atoms with Crippen molar-refractivity contribution in [3.63, 3.8) is 0 Å². The first-order valence-corrected chi connectivity index (χ1v) is 13.2. The van der Waals surface area contributed by atoms with E-state index in [-0.39, 0.29) is 18.4 Å². The Labute approximate surface area is 224 Å². The highest BCUT2D eigenvalue weighted by molar-refractivity contribution is 5.88. The Kier molecular flexibility index (Phi) is 9.54. The first-order valence-electron chi connectivity index (χ1n) is 13.2. The van der Waals surface area contributed by atoms with Gasteiger partial charge in [-0.2, -0.15) is 8.78 Å². The van der Waals surface area contributed by atoms with E-state index in [1.54, 1.807) is 18.2 Å². The van der Waals surface area contributed by atoms with Crippen molar-refractivity contribution in [3.05, 3.63) is 101 Å². The summed E-state index contributed by atoms with van der Waals surface area (Å²) in [6, 6.07) is 14.2. The molecule has 0 radical (unpaired) electrons. The molecule has 0 atom stereocenters.